The molecular formula is C12H15ClFNO. The van der Waals surface area contributed by atoms with Crippen molar-refractivity contribution in [1.29, 1.82) is 0 Å². The molecule has 1 aromatic carbocycles. The minimum absolute atomic E-state index is 0.0206. The van der Waals surface area contributed by atoms with E-state index < -0.39 is 11.4 Å². The second-order valence-corrected chi connectivity index (χ2v) is 4.49. The number of hydrogen-bond donors (Lipinski definition) is 1. The van der Waals surface area contributed by atoms with Crippen molar-refractivity contribution in [3.8, 4) is 0 Å². The predicted molar refractivity (Wildman–Crippen MR) is 63.0 cm³/mol. The van der Waals surface area contributed by atoms with E-state index in [0.717, 1.165) is 0 Å². The zero-order valence-electron chi connectivity index (χ0n) is 9.39. The third-order valence-corrected chi connectivity index (χ3v) is 3.05. The van der Waals surface area contributed by atoms with E-state index in [4.69, 9.17) is 17.3 Å². The molecule has 2 N–H and O–H groups in total. The second kappa shape index (κ2) is 4.93. The molecule has 1 rings (SSSR count). The lowest BCUT2D eigenvalue weighted by Gasteiger charge is -2.21. The molecule has 0 fully saturated rings. The Hall–Kier alpha value is -0.930. The lowest BCUT2D eigenvalue weighted by Crippen LogP contribution is -2.45. The number of rotatable bonds is 4. The van der Waals surface area contributed by atoms with Crippen LogP contribution in [0.15, 0.2) is 18.2 Å². The van der Waals surface area contributed by atoms with Gasteiger partial charge in [0.05, 0.1) is 10.6 Å². The molecule has 1 atom stereocenters. The van der Waals surface area contributed by atoms with E-state index in [9.17, 15) is 9.18 Å². The average molecular weight is 244 g/mol. The first-order valence-electron chi connectivity index (χ1n) is 5.13. The Labute approximate surface area is 99.6 Å². The Morgan fingerprint density at radius 2 is 2.19 bits per heavy atom. The van der Waals surface area contributed by atoms with Gasteiger partial charge < -0.3 is 5.73 Å². The first kappa shape index (κ1) is 13.1. The Kier molecular flexibility index (Phi) is 4.05. The number of halogens is 2. The highest BCUT2D eigenvalue weighted by atomic mass is 35.5. The normalized spacial score (nSPS) is 14.6. The first-order valence-corrected chi connectivity index (χ1v) is 5.51. The summed E-state index contributed by atoms with van der Waals surface area (Å²) in [7, 11) is 0. The van der Waals surface area contributed by atoms with E-state index in [1.54, 1.807) is 19.1 Å². The second-order valence-electron chi connectivity index (χ2n) is 4.08. The van der Waals surface area contributed by atoms with Gasteiger partial charge in [0.2, 0.25) is 0 Å². The van der Waals surface area contributed by atoms with Gasteiger partial charge in [0.1, 0.15) is 5.82 Å². The summed E-state index contributed by atoms with van der Waals surface area (Å²) in [5.74, 6) is -0.722. The average Bonchev–Trinajstić information content (AvgIpc) is 2.24. The number of carbonyl (C=O) groups excluding carboxylic acids is 1. The van der Waals surface area contributed by atoms with Crippen molar-refractivity contribution < 1.29 is 9.18 Å². The van der Waals surface area contributed by atoms with Gasteiger partial charge in [-0.2, -0.15) is 0 Å². The van der Waals surface area contributed by atoms with E-state index >= 15 is 0 Å². The van der Waals surface area contributed by atoms with Crippen LogP contribution in [0.4, 0.5) is 4.39 Å². The SMILES string of the molecule is CCC(C)(N)C(=O)Cc1cccc(Cl)c1F. The molecule has 16 heavy (non-hydrogen) atoms. The van der Waals surface area contributed by atoms with E-state index in [0.29, 0.717) is 12.0 Å². The molecular weight excluding hydrogens is 229 g/mol. The van der Waals surface area contributed by atoms with Gasteiger partial charge in [-0.1, -0.05) is 30.7 Å². The van der Waals surface area contributed by atoms with Gasteiger partial charge in [-0.25, -0.2) is 4.39 Å². The van der Waals surface area contributed by atoms with Gasteiger partial charge in [-0.15, -0.1) is 0 Å². The molecule has 1 unspecified atom stereocenters. The molecule has 0 saturated heterocycles. The van der Waals surface area contributed by atoms with E-state index in [-0.39, 0.29) is 17.2 Å². The molecule has 0 aliphatic rings. The Bertz CT molecular complexity index is 404. The highest BCUT2D eigenvalue weighted by molar-refractivity contribution is 6.30. The van der Waals surface area contributed by atoms with Crippen LogP contribution in [0.25, 0.3) is 0 Å². The molecule has 0 aliphatic heterocycles. The minimum Gasteiger partial charge on any atom is -0.319 e. The van der Waals surface area contributed by atoms with Gasteiger partial charge in [0, 0.05) is 6.42 Å². The maximum Gasteiger partial charge on any atom is 0.156 e. The van der Waals surface area contributed by atoms with Crippen LogP contribution in [0.1, 0.15) is 25.8 Å². The zero-order chi connectivity index (χ0) is 12.3. The van der Waals surface area contributed by atoms with Crippen LogP contribution in [-0.4, -0.2) is 11.3 Å². The van der Waals surface area contributed by atoms with Crippen LogP contribution in [-0.2, 0) is 11.2 Å². The zero-order valence-corrected chi connectivity index (χ0v) is 10.1. The van der Waals surface area contributed by atoms with Gasteiger partial charge in [-0.3, -0.25) is 4.79 Å². The summed E-state index contributed by atoms with van der Waals surface area (Å²) in [5, 5.41) is 0.0283. The van der Waals surface area contributed by atoms with E-state index in [1.165, 1.54) is 6.07 Å². The largest absolute Gasteiger partial charge is 0.319 e. The Balaban J connectivity index is 2.90. The van der Waals surface area contributed by atoms with Crippen molar-refractivity contribution in [2.75, 3.05) is 0 Å². The van der Waals surface area contributed by atoms with Gasteiger partial charge in [-0.05, 0) is 25.0 Å². The number of benzene rings is 1. The lowest BCUT2D eigenvalue weighted by molar-refractivity contribution is -0.123. The molecule has 0 saturated carbocycles. The quantitative estimate of drug-likeness (QED) is 0.884. The molecule has 0 bridgehead atoms. The van der Waals surface area contributed by atoms with Gasteiger partial charge in [0.15, 0.2) is 5.78 Å². The van der Waals surface area contributed by atoms with Crippen LogP contribution in [0.2, 0.25) is 5.02 Å². The number of nitrogens with two attached hydrogens (primary N) is 1. The predicted octanol–water partition coefficient (Wildman–Crippen LogP) is 2.72. The van der Waals surface area contributed by atoms with Crippen molar-refractivity contribution in [3.05, 3.63) is 34.6 Å². The summed E-state index contributed by atoms with van der Waals surface area (Å²) in [4.78, 5) is 11.8. The van der Waals surface area contributed by atoms with E-state index in [1.807, 2.05) is 6.92 Å². The molecule has 0 radical (unpaired) electrons. The number of Topliss-reactive ketones (excluding diaryl/α,β-unsaturated/α-hetero) is 1. The fourth-order valence-electron chi connectivity index (χ4n) is 1.26. The highest BCUT2D eigenvalue weighted by Crippen LogP contribution is 2.20. The highest BCUT2D eigenvalue weighted by Gasteiger charge is 2.26. The Morgan fingerprint density at radius 3 is 2.75 bits per heavy atom. The van der Waals surface area contributed by atoms with Crippen molar-refractivity contribution in [1.82, 2.24) is 0 Å². The minimum atomic E-state index is -0.908. The summed E-state index contributed by atoms with van der Waals surface area (Å²) in [6.45, 7) is 3.48. The number of carbonyl (C=O) groups is 1. The Morgan fingerprint density at radius 1 is 1.56 bits per heavy atom. The summed E-state index contributed by atoms with van der Waals surface area (Å²) in [5.41, 5.74) is 5.18. The van der Waals surface area contributed by atoms with E-state index in [2.05, 4.69) is 0 Å². The van der Waals surface area contributed by atoms with Crippen molar-refractivity contribution in [2.45, 2.75) is 32.2 Å². The van der Waals surface area contributed by atoms with Crippen LogP contribution >= 0.6 is 11.6 Å². The van der Waals surface area contributed by atoms with Gasteiger partial charge >= 0.3 is 0 Å². The molecule has 88 valence electrons. The summed E-state index contributed by atoms with van der Waals surface area (Å²) in [6, 6.07) is 4.62. The topological polar surface area (TPSA) is 43.1 Å². The standard InChI is InChI=1S/C12H15ClFNO/c1-3-12(2,15)10(16)7-8-5-4-6-9(13)11(8)14/h4-6H,3,7,15H2,1-2H3. The molecule has 4 heteroatoms. The van der Waals surface area contributed by atoms with Gasteiger partial charge in [0.25, 0.3) is 0 Å². The fourth-order valence-corrected chi connectivity index (χ4v) is 1.45. The van der Waals surface area contributed by atoms with Crippen molar-refractivity contribution in [2.24, 2.45) is 5.73 Å². The van der Waals surface area contributed by atoms with Crippen LogP contribution in [0, 0.1) is 5.82 Å². The van der Waals surface area contributed by atoms with Crippen LogP contribution in [0.3, 0.4) is 0 Å². The van der Waals surface area contributed by atoms with Crippen LogP contribution < -0.4 is 5.73 Å². The maximum atomic E-state index is 13.5. The molecule has 0 aromatic heterocycles. The molecule has 1 aromatic rings. The molecule has 0 amide bonds. The third kappa shape index (κ3) is 2.80. The summed E-state index contributed by atoms with van der Waals surface area (Å²) in [6.07, 6.45) is 0.501. The number of ketones is 1. The monoisotopic (exact) mass is 243 g/mol. The molecule has 0 heterocycles. The lowest BCUT2D eigenvalue weighted by atomic mass is 9.90. The maximum absolute atomic E-state index is 13.5. The molecule has 0 aliphatic carbocycles. The summed E-state index contributed by atoms with van der Waals surface area (Å²) >= 11 is 5.63. The van der Waals surface area contributed by atoms with Crippen molar-refractivity contribution in [3.63, 3.8) is 0 Å². The van der Waals surface area contributed by atoms with Crippen molar-refractivity contribution >= 4 is 17.4 Å². The van der Waals surface area contributed by atoms with Crippen LogP contribution in [0.5, 0.6) is 0 Å². The fraction of sp³-hybridized carbons (Fsp3) is 0.417. The summed E-state index contributed by atoms with van der Waals surface area (Å²) < 4.78 is 13.5. The smallest absolute Gasteiger partial charge is 0.156 e. The molecule has 0 spiro atoms. The third-order valence-electron chi connectivity index (χ3n) is 2.75. The first-order chi connectivity index (χ1) is 7.38. The number of hydrogen-bond acceptors (Lipinski definition) is 2. The molecule has 2 nitrogen and oxygen atoms in total.